The van der Waals surface area contributed by atoms with Gasteiger partial charge in [0.2, 0.25) is 0 Å². The molecule has 2 fully saturated rings. The van der Waals surface area contributed by atoms with Gasteiger partial charge in [0.1, 0.15) is 6.29 Å². The minimum absolute atomic E-state index is 0.0377. The van der Waals surface area contributed by atoms with Crippen LogP contribution in [0.25, 0.3) is 0 Å². The van der Waals surface area contributed by atoms with E-state index < -0.39 is 0 Å². The molecular weight excluding hydrogens is 176 g/mol. The van der Waals surface area contributed by atoms with Gasteiger partial charge >= 0.3 is 0 Å². The Kier molecular flexibility index (Phi) is 3.54. The van der Waals surface area contributed by atoms with Crippen molar-refractivity contribution >= 4 is 6.29 Å². The Morgan fingerprint density at radius 3 is 2.57 bits per heavy atom. The standard InChI is InChI=1S/C11H20N2O/c14-8-10-6-12-7-11(13-10)9-4-2-1-3-5-9/h8-13H,1-7H2/t10?,11-/m0/s1. The van der Waals surface area contributed by atoms with Crippen LogP contribution in [0.2, 0.25) is 0 Å². The van der Waals surface area contributed by atoms with Gasteiger partial charge in [-0.1, -0.05) is 19.3 Å². The van der Waals surface area contributed by atoms with Gasteiger partial charge in [0.15, 0.2) is 0 Å². The number of aldehydes is 1. The fourth-order valence-corrected chi connectivity index (χ4v) is 2.71. The predicted molar refractivity (Wildman–Crippen MR) is 56.2 cm³/mol. The van der Waals surface area contributed by atoms with Crippen LogP contribution >= 0.6 is 0 Å². The van der Waals surface area contributed by atoms with E-state index in [9.17, 15) is 4.79 Å². The second kappa shape index (κ2) is 4.89. The van der Waals surface area contributed by atoms with Crippen LogP contribution in [-0.4, -0.2) is 31.5 Å². The van der Waals surface area contributed by atoms with Crippen LogP contribution in [0.5, 0.6) is 0 Å². The largest absolute Gasteiger partial charge is 0.313 e. The second-order valence-electron chi connectivity index (χ2n) is 4.57. The highest BCUT2D eigenvalue weighted by Gasteiger charge is 2.27. The average Bonchev–Trinajstić information content (AvgIpc) is 2.30. The van der Waals surface area contributed by atoms with Crippen LogP contribution in [-0.2, 0) is 4.79 Å². The Morgan fingerprint density at radius 2 is 1.86 bits per heavy atom. The van der Waals surface area contributed by atoms with Crippen molar-refractivity contribution < 1.29 is 4.79 Å². The zero-order valence-corrected chi connectivity index (χ0v) is 8.67. The van der Waals surface area contributed by atoms with E-state index in [2.05, 4.69) is 10.6 Å². The van der Waals surface area contributed by atoms with Crippen LogP contribution in [0, 0.1) is 5.92 Å². The van der Waals surface area contributed by atoms with E-state index in [1.165, 1.54) is 32.1 Å². The Hall–Kier alpha value is -0.410. The maximum Gasteiger partial charge on any atom is 0.138 e. The summed E-state index contributed by atoms with van der Waals surface area (Å²) < 4.78 is 0. The van der Waals surface area contributed by atoms with E-state index in [0.717, 1.165) is 25.3 Å². The van der Waals surface area contributed by atoms with Gasteiger partial charge in [0, 0.05) is 19.1 Å². The van der Waals surface area contributed by atoms with E-state index in [1.54, 1.807) is 0 Å². The van der Waals surface area contributed by atoms with E-state index in [1.807, 2.05) is 0 Å². The maximum absolute atomic E-state index is 10.7. The number of carbonyl (C=O) groups is 1. The van der Waals surface area contributed by atoms with Crippen LogP contribution in [0.15, 0.2) is 0 Å². The minimum atomic E-state index is 0.0377. The van der Waals surface area contributed by atoms with Gasteiger partial charge in [-0.15, -0.1) is 0 Å². The molecule has 0 spiro atoms. The van der Waals surface area contributed by atoms with Crippen molar-refractivity contribution in [2.45, 2.75) is 44.2 Å². The molecule has 1 unspecified atom stereocenters. The Labute approximate surface area is 85.6 Å². The van der Waals surface area contributed by atoms with Gasteiger partial charge in [-0.05, 0) is 18.8 Å². The van der Waals surface area contributed by atoms with E-state index in [4.69, 9.17) is 0 Å². The highest BCUT2D eigenvalue weighted by atomic mass is 16.1. The van der Waals surface area contributed by atoms with Crippen molar-refractivity contribution in [2.24, 2.45) is 5.92 Å². The van der Waals surface area contributed by atoms with E-state index in [0.29, 0.717) is 6.04 Å². The number of piperazine rings is 1. The monoisotopic (exact) mass is 196 g/mol. The molecular formula is C11H20N2O. The molecule has 0 aromatic heterocycles. The summed E-state index contributed by atoms with van der Waals surface area (Å²) in [6.07, 6.45) is 7.84. The molecule has 2 rings (SSSR count). The molecule has 1 aliphatic heterocycles. The summed E-state index contributed by atoms with van der Waals surface area (Å²) in [5.74, 6) is 0.791. The van der Waals surface area contributed by atoms with Gasteiger partial charge in [-0.25, -0.2) is 0 Å². The lowest BCUT2D eigenvalue weighted by molar-refractivity contribution is -0.110. The molecule has 1 aliphatic carbocycles. The molecule has 3 nitrogen and oxygen atoms in total. The van der Waals surface area contributed by atoms with Crippen LogP contribution in [0.4, 0.5) is 0 Å². The van der Waals surface area contributed by atoms with Crippen molar-refractivity contribution in [1.29, 1.82) is 0 Å². The fourth-order valence-electron chi connectivity index (χ4n) is 2.71. The van der Waals surface area contributed by atoms with Crippen LogP contribution in [0.3, 0.4) is 0 Å². The highest BCUT2D eigenvalue weighted by molar-refractivity contribution is 5.58. The Balaban J connectivity index is 1.86. The van der Waals surface area contributed by atoms with E-state index in [-0.39, 0.29) is 6.04 Å². The van der Waals surface area contributed by atoms with Crippen LogP contribution < -0.4 is 10.6 Å². The SMILES string of the molecule is O=CC1CNC[C@@H](C2CCCCC2)N1. The molecule has 0 amide bonds. The Morgan fingerprint density at radius 1 is 1.07 bits per heavy atom. The summed E-state index contributed by atoms with van der Waals surface area (Å²) in [4.78, 5) is 10.7. The highest BCUT2D eigenvalue weighted by Crippen LogP contribution is 2.26. The summed E-state index contributed by atoms with van der Waals surface area (Å²) in [6.45, 7) is 1.84. The first kappa shape index (κ1) is 10.1. The summed E-state index contributed by atoms with van der Waals surface area (Å²) in [5, 5.41) is 6.78. The van der Waals surface area contributed by atoms with Gasteiger partial charge in [0.25, 0.3) is 0 Å². The van der Waals surface area contributed by atoms with Crippen molar-refractivity contribution in [2.75, 3.05) is 13.1 Å². The summed E-state index contributed by atoms with van der Waals surface area (Å²) in [6, 6.07) is 0.565. The van der Waals surface area contributed by atoms with Crippen molar-refractivity contribution in [3.05, 3.63) is 0 Å². The molecule has 14 heavy (non-hydrogen) atoms. The smallest absolute Gasteiger partial charge is 0.138 e. The average molecular weight is 196 g/mol. The van der Waals surface area contributed by atoms with Crippen LogP contribution in [0.1, 0.15) is 32.1 Å². The third-order valence-corrected chi connectivity index (χ3v) is 3.54. The lowest BCUT2D eigenvalue weighted by Gasteiger charge is -2.36. The molecule has 1 saturated carbocycles. The summed E-state index contributed by atoms with van der Waals surface area (Å²) >= 11 is 0. The lowest BCUT2D eigenvalue weighted by atomic mass is 9.83. The van der Waals surface area contributed by atoms with Gasteiger partial charge < -0.3 is 15.4 Å². The molecule has 0 bridgehead atoms. The quantitative estimate of drug-likeness (QED) is 0.639. The number of carbonyl (C=O) groups excluding carboxylic acids is 1. The molecule has 0 radical (unpaired) electrons. The molecule has 2 N–H and O–H groups in total. The number of hydrogen-bond donors (Lipinski definition) is 2. The van der Waals surface area contributed by atoms with Gasteiger partial charge in [-0.3, -0.25) is 0 Å². The molecule has 2 aliphatic rings. The Bertz CT molecular complexity index is 190. The van der Waals surface area contributed by atoms with Gasteiger partial charge in [-0.2, -0.15) is 0 Å². The lowest BCUT2D eigenvalue weighted by Crippen LogP contribution is -2.58. The summed E-state index contributed by atoms with van der Waals surface area (Å²) in [7, 11) is 0. The maximum atomic E-state index is 10.7. The minimum Gasteiger partial charge on any atom is -0.313 e. The molecule has 1 saturated heterocycles. The van der Waals surface area contributed by atoms with Crippen molar-refractivity contribution in [3.63, 3.8) is 0 Å². The third-order valence-electron chi connectivity index (χ3n) is 3.54. The van der Waals surface area contributed by atoms with Crippen molar-refractivity contribution in [1.82, 2.24) is 10.6 Å². The van der Waals surface area contributed by atoms with E-state index >= 15 is 0 Å². The van der Waals surface area contributed by atoms with Gasteiger partial charge in [0.05, 0.1) is 6.04 Å². The molecule has 3 heteroatoms. The zero-order chi connectivity index (χ0) is 9.80. The molecule has 1 heterocycles. The first-order chi connectivity index (χ1) is 6.90. The topological polar surface area (TPSA) is 41.1 Å². The number of nitrogens with one attached hydrogen (secondary N) is 2. The fraction of sp³-hybridized carbons (Fsp3) is 0.909. The predicted octanol–water partition coefficient (Wildman–Crippen LogP) is 0.696. The first-order valence-corrected chi connectivity index (χ1v) is 5.82. The zero-order valence-electron chi connectivity index (χ0n) is 8.67. The molecule has 0 aromatic rings. The molecule has 0 aromatic carbocycles. The third kappa shape index (κ3) is 2.34. The second-order valence-corrected chi connectivity index (χ2v) is 4.57. The van der Waals surface area contributed by atoms with Crippen molar-refractivity contribution in [3.8, 4) is 0 Å². The molecule has 80 valence electrons. The molecule has 2 atom stereocenters. The summed E-state index contributed by atoms with van der Waals surface area (Å²) in [5.41, 5.74) is 0. The normalized spacial score (nSPS) is 35.4. The number of hydrogen-bond acceptors (Lipinski definition) is 3. The number of rotatable bonds is 2. The first-order valence-electron chi connectivity index (χ1n) is 5.82.